The van der Waals surface area contributed by atoms with E-state index in [9.17, 15) is 9.90 Å². The van der Waals surface area contributed by atoms with Crippen LogP contribution in [0.2, 0.25) is 0 Å². The summed E-state index contributed by atoms with van der Waals surface area (Å²) in [6, 6.07) is 3.41. The van der Waals surface area contributed by atoms with Gasteiger partial charge in [-0.3, -0.25) is 0 Å². The van der Waals surface area contributed by atoms with Crippen LogP contribution in [0, 0.1) is 5.92 Å². The number of rotatable bonds is 4. The maximum Gasteiger partial charge on any atom is 0.335 e. The maximum atomic E-state index is 11.2. The minimum atomic E-state index is -0.870. The number of aromatic nitrogens is 1. The average molecular weight is 262 g/mol. The second-order valence-corrected chi connectivity index (χ2v) is 5.66. The number of hydrogen-bond donors (Lipinski definition) is 1. The molecule has 0 unspecified atom stereocenters. The van der Waals surface area contributed by atoms with Crippen molar-refractivity contribution in [3.05, 3.63) is 23.4 Å². The van der Waals surface area contributed by atoms with E-state index >= 15 is 0 Å². The SMILES string of the molecule is CC(C)Cc1cc(C(=O)O)cc(N2CCCCC2)n1. The Hall–Kier alpha value is -1.58. The number of carboxylic acids is 1. The van der Waals surface area contributed by atoms with Crippen LogP contribution in [0.1, 0.15) is 49.2 Å². The van der Waals surface area contributed by atoms with Gasteiger partial charge < -0.3 is 10.0 Å². The summed E-state index contributed by atoms with van der Waals surface area (Å²) < 4.78 is 0. The smallest absolute Gasteiger partial charge is 0.335 e. The van der Waals surface area contributed by atoms with Gasteiger partial charge in [-0.1, -0.05) is 13.8 Å². The van der Waals surface area contributed by atoms with Crippen molar-refractivity contribution in [2.45, 2.75) is 39.5 Å². The fraction of sp³-hybridized carbons (Fsp3) is 0.600. The Morgan fingerprint density at radius 3 is 2.58 bits per heavy atom. The van der Waals surface area contributed by atoms with Crippen LogP contribution in [0.15, 0.2) is 12.1 Å². The van der Waals surface area contributed by atoms with E-state index in [0.717, 1.165) is 31.0 Å². The van der Waals surface area contributed by atoms with Crippen LogP contribution in [0.3, 0.4) is 0 Å². The number of hydrogen-bond acceptors (Lipinski definition) is 3. The molecule has 1 aliphatic heterocycles. The first-order chi connectivity index (χ1) is 9.06. The molecular formula is C15H22N2O2. The monoisotopic (exact) mass is 262 g/mol. The van der Waals surface area contributed by atoms with Gasteiger partial charge in [-0.25, -0.2) is 9.78 Å². The molecular weight excluding hydrogens is 240 g/mol. The third-order valence-electron chi connectivity index (χ3n) is 3.41. The lowest BCUT2D eigenvalue weighted by Gasteiger charge is -2.28. The van der Waals surface area contributed by atoms with E-state index in [2.05, 4.69) is 23.7 Å². The van der Waals surface area contributed by atoms with E-state index < -0.39 is 5.97 Å². The zero-order chi connectivity index (χ0) is 13.8. The van der Waals surface area contributed by atoms with Gasteiger partial charge in [0.05, 0.1) is 5.56 Å². The highest BCUT2D eigenvalue weighted by Crippen LogP contribution is 2.21. The Morgan fingerprint density at radius 1 is 1.32 bits per heavy atom. The van der Waals surface area contributed by atoms with E-state index in [1.807, 2.05) is 0 Å². The lowest BCUT2D eigenvalue weighted by molar-refractivity contribution is 0.0696. The fourth-order valence-corrected chi connectivity index (χ4v) is 2.50. The highest BCUT2D eigenvalue weighted by atomic mass is 16.4. The van der Waals surface area contributed by atoms with E-state index in [1.54, 1.807) is 12.1 Å². The molecule has 1 aromatic heterocycles. The number of pyridine rings is 1. The second-order valence-electron chi connectivity index (χ2n) is 5.66. The molecule has 0 aromatic carbocycles. The first kappa shape index (κ1) is 13.8. The average Bonchev–Trinajstić information content (AvgIpc) is 2.38. The second kappa shape index (κ2) is 6.04. The van der Waals surface area contributed by atoms with Crippen LogP contribution in [-0.2, 0) is 6.42 Å². The number of piperidine rings is 1. The zero-order valence-electron chi connectivity index (χ0n) is 11.7. The van der Waals surface area contributed by atoms with Gasteiger partial charge in [0.1, 0.15) is 5.82 Å². The quantitative estimate of drug-likeness (QED) is 0.906. The molecule has 4 nitrogen and oxygen atoms in total. The lowest BCUT2D eigenvalue weighted by Crippen LogP contribution is -2.30. The molecule has 0 aliphatic carbocycles. The van der Waals surface area contributed by atoms with Gasteiger partial charge in [-0.2, -0.15) is 0 Å². The molecule has 1 fully saturated rings. The van der Waals surface area contributed by atoms with Crippen LogP contribution >= 0.6 is 0 Å². The minimum absolute atomic E-state index is 0.353. The number of carbonyl (C=O) groups is 1. The standard InChI is InChI=1S/C15H22N2O2/c1-11(2)8-13-9-12(15(18)19)10-14(16-13)17-6-4-3-5-7-17/h9-11H,3-8H2,1-2H3,(H,18,19). The van der Waals surface area contributed by atoms with Crippen LogP contribution in [-0.4, -0.2) is 29.1 Å². The molecule has 0 saturated carbocycles. The fourth-order valence-electron chi connectivity index (χ4n) is 2.50. The van der Waals surface area contributed by atoms with Crippen molar-refractivity contribution in [3.63, 3.8) is 0 Å². The summed E-state index contributed by atoms with van der Waals surface area (Å²) in [6.45, 7) is 6.21. The van der Waals surface area contributed by atoms with Gasteiger partial charge in [0.15, 0.2) is 0 Å². The first-order valence-electron chi connectivity index (χ1n) is 7.05. The van der Waals surface area contributed by atoms with Crippen molar-refractivity contribution in [2.24, 2.45) is 5.92 Å². The Balaban J connectivity index is 2.30. The highest BCUT2D eigenvalue weighted by molar-refractivity contribution is 5.88. The van der Waals surface area contributed by atoms with Gasteiger partial charge in [0.2, 0.25) is 0 Å². The van der Waals surface area contributed by atoms with Gasteiger partial charge in [0.25, 0.3) is 0 Å². The third kappa shape index (κ3) is 3.69. The van der Waals surface area contributed by atoms with Crippen LogP contribution < -0.4 is 4.90 Å². The van der Waals surface area contributed by atoms with Gasteiger partial charge >= 0.3 is 5.97 Å². The van der Waals surface area contributed by atoms with Crippen LogP contribution in [0.4, 0.5) is 5.82 Å². The number of aromatic carboxylic acids is 1. The molecule has 4 heteroatoms. The van der Waals surface area contributed by atoms with E-state index in [4.69, 9.17) is 0 Å². The van der Waals surface area contributed by atoms with Crippen LogP contribution in [0.25, 0.3) is 0 Å². The summed E-state index contributed by atoms with van der Waals surface area (Å²) in [5.41, 5.74) is 1.24. The third-order valence-corrected chi connectivity index (χ3v) is 3.41. The molecule has 1 saturated heterocycles. The molecule has 0 amide bonds. The largest absolute Gasteiger partial charge is 0.478 e. The molecule has 19 heavy (non-hydrogen) atoms. The topological polar surface area (TPSA) is 53.4 Å². The van der Waals surface area contributed by atoms with Crippen molar-refractivity contribution < 1.29 is 9.90 Å². The molecule has 1 aromatic rings. The predicted molar refractivity (Wildman–Crippen MR) is 75.8 cm³/mol. The van der Waals surface area contributed by atoms with Crippen molar-refractivity contribution in [1.29, 1.82) is 0 Å². The Morgan fingerprint density at radius 2 is 2.00 bits per heavy atom. The van der Waals surface area contributed by atoms with Crippen molar-refractivity contribution in [2.75, 3.05) is 18.0 Å². The molecule has 104 valence electrons. The summed E-state index contributed by atoms with van der Waals surface area (Å²) in [5.74, 6) is 0.437. The Labute approximate surface area is 114 Å². The van der Waals surface area contributed by atoms with Crippen molar-refractivity contribution in [3.8, 4) is 0 Å². The molecule has 0 atom stereocenters. The molecule has 1 N–H and O–H groups in total. The summed E-state index contributed by atoms with van der Waals surface area (Å²) >= 11 is 0. The maximum absolute atomic E-state index is 11.2. The summed E-state index contributed by atoms with van der Waals surface area (Å²) in [5, 5.41) is 9.22. The summed E-state index contributed by atoms with van der Waals surface area (Å²) in [6.07, 6.45) is 4.41. The Bertz CT molecular complexity index is 451. The molecule has 0 radical (unpaired) electrons. The van der Waals surface area contributed by atoms with Crippen LogP contribution in [0.5, 0.6) is 0 Å². The molecule has 0 bridgehead atoms. The lowest BCUT2D eigenvalue weighted by atomic mass is 10.1. The first-order valence-corrected chi connectivity index (χ1v) is 7.05. The predicted octanol–water partition coefficient (Wildman–Crippen LogP) is 2.97. The molecule has 0 spiro atoms. The summed E-state index contributed by atoms with van der Waals surface area (Å²) in [4.78, 5) is 18.1. The summed E-state index contributed by atoms with van der Waals surface area (Å²) in [7, 11) is 0. The van der Waals surface area contributed by atoms with E-state index in [1.165, 1.54) is 19.3 Å². The number of anilines is 1. The Kier molecular flexibility index (Phi) is 4.40. The zero-order valence-corrected chi connectivity index (χ0v) is 11.7. The minimum Gasteiger partial charge on any atom is -0.478 e. The van der Waals surface area contributed by atoms with Gasteiger partial charge in [-0.05, 0) is 43.7 Å². The van der Waals surface area contributed by atoms with Crippen molar-refractivity contribution >= 4 is 11.8 Å². The highest BCUT2D eigenvalue weighted by Gasteiger charge is 2.16. The van der Waals surface area contributed by atoms with E-state index in [-0.39, 0.29) is 0 Å². The molecule has 2 heterocycles. The van der Waals surface area contributed by atoms with Crippen molar-refractivity contribution in [1.82, 2.24) is 4.98 Å². The normalized spacial score (nSPS) is 15.8. The van der Waals surface area contributed by atoms with Gasteiger partial charge in [-0.15, -0.1) is 0 Å². The van der Waals surface area contributed by atoms with Gasteiger partial charge in [0, 0.05) is 18.8 Å². The number of nitrogens with zero attached hydrogens (tertiary/aromatic N) is 2. The van der Waals surface area contributed by atoms with E-state index in [0.29, 0.717) is 11.5 Å². The molecule has 1 aliphatic rings. The molecule has 2 rings (SSSR count). The number of carboxylic acid groups (broad SMARTS) is 1.